The molecule has 0 aliphatic carbocycles. The number of aromatic nitrogens is 3. The van der Waals surface area contributed by atoms with Crippen molar-refractivity contribution in [1.29, 1.82) is 0 Å². The third kappa shape index (κ3) is 3.23. The molecule has 2 aromatic heterocycles. The molecule has 3 aromatic rings. The van der Waals surface area contributed by atoms with Crippen LogP contribution >= 0.6 is 11.8 Å². The van der Waals surface area contributed by atoms with Crippen molar-refractivity contribution in [2.45, 2.75) is 23.5 Å². The summed E-state index contributed by atoms with van der Waals surface area (Å²) in [5, 5.41) is 13.6. The van der Waals surface area contributed by atoms with Gasteiger partial charge in [0.25, 0.3) is 0 Å². The fraction of sp³-hybridized carbons (Fsp3) is 0.278. The summed E-state index contributed by atoms with van der Waals surface area (Å²) in [5.41, 5.74) is 0.986. The molecule has 3 heterocycles. The first-order valence-electron chi connectivity index (χ1n) is 8.29. The highest BCUT2D eigenvalue weighted by Crippen LogP contribution is 2.38. The van der Waals surface area contributed by atoms with E-state index in [2.05, 4.69) is 10.1 Å². The fourth-order valence-corrected chi connectivity index (χ4v) is 3.90. The van der Waals surface area contributed by atoms with Crippen LogP contribution in [0.3, 0.4) is 0 Å². The fourth-order valence-electron chi connectivity index (χ4n) is 3.41. The Morgan fingerprint density at radius 1 is 1.33 bits per heavy atom. The van der Waals surface area contributed by atoms with Crippen molar-refractivity contribution >= 4 is 29.2 Å². The third-order valence-electron chi connectivity index (χ3n) is 4.63. The van der Waals surface area contributed by atoms with Crippen LogP contribution in [0.1, 0.15) is 28.5 Å². The van der Waals surface area contributed by atoms with Gasteiger partial charge in [0.05, 0.1) is 18.8 Å². The molecule has 0 bridgehead atoms. The predicted molar refractivity (Wildman–Crippen MR) is 97.7 cm³/mol. The molecule has 1 fully saturated rings. The molecule has 0 amide bonds. The largest absolute Gasteiger partial charge is 0.476 e. The Hall–Kier alpha value is -2.68. The van der Waals surface area contributed by atoms with Crippen LogP contribution in [0.5, 0.6) is 0 Å². The zero-order valence-electron chi connectivity index (χ0n) is 14.3. The maximum atomic E-state index is 14.3. The Morgan fingerprint density at radius 3 is 2.89 bits per heavy atom. The third-order valence-corrected chi connectivity index (χ3v) is 5.33. The molecule has 0 spiro atoms. The Labute approximate surface area is 157 Å². The molecule has 0 radical (unpaired) electrons. The quantitative estimate of drug-likeness (QED) is 0.687. The van der Waals surface area contributed by atoms with E-state index in [1.807, 2.05) is 12.3 Å². The van der Waals surface area contributed by atoms with E-state index in [-0.39, 0.29) is 30.5 Å². The number of aromatic carboxylic acids is 1. The van der Waals surface area contributed by atoms with Gasteiger partial charge in [0.1, 0.15) is 17.8 Å². The summed E-state index contributed by atoms with van der Waals surface area (Å²) >= 11 is 1.42. The number of hydrogen-bond acceptors (Lipinski definition) is 5. The number of alkyl halides is 1. The van der Waals surface area contributed by atoms with E-state index in [4.69, 9.17) is 0 Å². The van der Waals surface area contributed by atoms with Gasteiger partial charge in [-0.05, 0) is 42.2 Å². The lowest BCUT2D eigenvalue weighted by atomic mass is 10.0. The average Bonchev–Trinajstić information content (AvgIpc) is 3.24. The normalized spacial score (nSPS) is 19.7. The molecule has 1 aromatic carbocycles. The minimum atomic E-state index is -1.15. The smallest absolute Gasteiger partial charge is 0.356 e. The van der Waals surface area contributed by atoms with Crippen molar-refractivity contribution in [2.75, 3.05) is 17.7 Å². The standard InChI is InChI=1S/C18H16F2N4O2S/c1-27-13-5-10(4-11(19)6-13)14-7-12(20)9-23(14)17-3-2-16-21-8-15(18(25)26)24(16)22-17/h2-6,8,12,14H,7,9H2,1H3,(H,25,26)/t12-,14+/m0/s1. The number of thioether (sulfide) groups is 1. The molecule has 0 saturated carbocycles. The predicted octanol–water partition coefficient (Wildman–Crippen LogP) is 3.58. The molecular weight excluding hydrogens is 374 g/mol. The highest BCUT2D eigenvalue weighted by molar-refractivity contribution is 7.98. The van der Waals surface area contributed by atoms with Crippen LogP contribution < -0.4 is 4.90 Å². The van der Waals surface area contributed by atoms with Crippen LogP contribution in [0.4, 0.5) is 14.6 Å². The second kappa shape index (κ2) is 6.80. The first kappa shape index (κ1) is 17.7. The van der Waals surface area contributed by atoms with Crippen LogP contribution in [0.2, 0.25) is 0 Å². The number of fused-ring (bicyclic) bond motifs is 1. The van der Waals surface area contributed by atoms with E-state index >= 15 is 0 Å². The molecule has 2 atom stereocenters. The van der Waals surface area contributed by atoms with Gasteiger partial charge in [-0.1, -0.05) is 0 Å². The van der Waals surface area contributed by atoms with E-state index in [1.54, 1.807) is 17.0 Å². The molecule has 9 heteroatoms. The summed E-state index contributed by atoms with van der Waals surface area (Å²) < 4.78 is 29.5. The minimum absolute atomic E-state index is 0.0742. The summed E-state index contributed by atoms with van der Waals surface area (Å²) in [6.45, 7) is 0.103. The second-order valence-electron chi connectivity index (χ2n) is 6.34. The second-order valence-corrected chi connectivity index (χ2v) is 7.22. The number of carbonyl (C=O) groups is 1. The number of imidazole rings is 1. The summed E-state index contributed by atoms with van der Waals surface area (Å²) in [4.78, 5) is 17.9. The Bertz CT molecular complexity index is 1030. The molecule has 1 aliphatic heterocycles. The molecule has 1 aliphatic rings. The monoisotopic (exact) mass is 390 g/mol. The van der Waals surface area contributed by atoms with Crippen LogP contribution in [-0.2, 0) is 0 Å². The summed E-state index contributed by atoms with van der Waals surface area (Å²) in [5.74, 6) is -1.10. The van der Waals surface area contributed by atoms with Crippen molar-refractivity contribution in [3.63, 3.8) is 0 Å². The number of hydrogen-bond donors (Lipinski definition) is 1. The maximum absolute atomic E-state index is 14.3. The van der Waals surface area contributed by atoms with Gasteiger partial charge < -0.3 is 10.0 Å². The van der Waals surface area contributed by atoms with Crippen molar-refractivity contribution in [1.82, 2.24) is 14.6 Å². The average molecular weight is 390 g/mol. The van der Waals surface area contributed by atoms with E-state index < -0.39 is 12.1 Å². The maximum Gasteiger partial charge on any atom is 0.356 e. The molecular formula is C18H16F2N4O2S. The Kier molecular flexibility index (Phi) is 4.47. The topological polar surface area (TPSA) is 70.7 Å². The van der Waals surface area contributed by atoms with Crippen molar-refractivity contribution < 1.29 is 18.7 Å². The summed E-state index contributed by atoms with van der Waals surface area (Å²) in [6.07, 6.45) is 2.21. The first-order valence-corrected chi connectivity index (χ1v) is 9.52. The number of carboxylic acids is 1. The molecule has 27 heavy (non-hydrogen) atoms. The summed E-state index contributed by atoms with van der Waals surface area (Å²) in [7, 11) is 0. The van der Waals surface area contributed by atoms with Crippen LogP contribution in [-0.4, -0.2) is 44.6 Å². The van der Waals surface area contributed by atoms with Crippen LogP contribution in [0.25, 0.3) is 5.65 Å². The number of anilines is 1. The summed E-state index contributed by atoms with van der Waals surface area (Å²) in [6, 6.07) is 7.62. The Morgan fingerprint density at radius 2 is 2.15 bits per heavy atom. The van der Waals surface area contributed by atoms with Gasteiger partial charge >= 0.3 is 5.97 Å². The lowest BCUT2D eigenvalue weighted by Crippen LogP contribution is -2.25. The molecule has 140 valence electrons. The highest BCUT2D eigenvalue weighted by atomic mass is 32.2. The SMILES string of the molecule is CSc1cc(F)cc([C@H]2C[C@H](F)CN2c2ccc3ncc(C(=O)O)n3n2)c1. The van der Waals surface area contributed by atoms with E-state index in [0.29, 0.717) is 17.0 Å². The lowest BCUT2D eigenvalue weighted by Gasteiger charge is -2.26. The number of benzene rings is 1. The highest BCUT2D eigenvalue weighted by Gasteiger charge is 2.35. The molecule has 6 nitrogen and oxygen atoms in total. The van der Waals surface area contributed by atoms with Crippen molar-refractivity contribution in [3.05, 3.63) is 53.6 Å². The number of halogens is 2. The van der Waals surface area contributed by atoms with Crippen LogP contribution in [0, 0.1) is 5.82 Å². The van der Waals surface area contributed by atoms with Gasteiger partial charge in [0.2, 0.25) is 0 Å². The van der Waals surface area contributed by atoms with Gasteiger partial charge in [-0.2, -0.15) is 0 Å². The lowest BCUT2D eigenvalue weighted by molar-refractivity contribution is 0.0688. The first-order chi connectivity index (χ1) is 13.0. The molecule has 1 saturated heterocycles. The van der Waals surface area contributed by atoms with Gasteiger partial charge in [0.15, 0.2) is 11.3 Å². The zero-order chi connectivity index (χ0) is 19.1. The Balaban J connectivity index is 1.77. The zero-order valence-corrected chi connectivity index (χ0v) is 15.2. The number of carboxylic acid groups (broad SMARTS) is 1. The van der Waals surface area contributed by atoms with Gasteiger partial charge in [-0.15, -0.1) is 16.9 Å². The van der Waals surface area contributed by atoms with E-state index in [1.165, 1.54) is 34.6 Å². The molecule has 1 N–H and O–H groups in total. The minimum Gasteiger partial charge on any atom is -0.476 e. The van der Waals surface area contributed by atoms with Crippen LogP contribution in [0.15, 0.2) is 41.4 Å². The van der Waals surface area contributed by atoms with Gasteiger partial charge in [0, 0.05) is 11.3 Å². The number of nitrogens with zero attached hydrogens (tertiary/aromatic N) is 4. The van der Waals surface area contributed by atoms with E-state index in [9.17, 15) is 18.7 Å². The van der Waals surface area contributed by atoms with Crippen molar-refractivity contribution in [2.24, 2.45) is 0 Å². The van der Waals surface area contributed by atoms with E-state index in [0.717, 1.165) is 4.90 Å². The molecule has 0 unspecified atom stereocenters. The van der Waals surface area contributed by atoms with Crippen molar-refractivity contribution in [3.8, 4) is 0 Å². The van der Waals surface area contributed by atoms with Gasteiger partial charge in [-0.25, -0.2) is 23.1 Å². The molecule has 4 rings (SSSR count). The number of rotatable bonds is 4. The van der Waals surface area contributed by atoms with Gasteiger partial charge in [-0.3, -0.25) is 0 Å².